The molecule has 1 atom stereocenters. The number of piperidine rings is 1. The number of benzene rings is 2. The minimum atomic E-state index is -0.159. The van der Waals surface area contributed by atoms with Crippen molar-refractivity contribution in [3.05, 3.63) is 70.8 Å². The summed E-state index contributed by atoms with van der Waals surface area (Å²) >= 11 is 0. The molecule has 4 nitrogen and oxygen atoms in total. The first-order chi connectivity index (χ1) is 12.5. The van der Waals surface area contributed by atoms with Crippen LogP contribution in [-0.4, -0.2) is 29.8 Å². The van der Waals surface area contributed by atoms with Crippen LogP contribution in [0.15, 0.2) is 48.5 Å². The van der Waals surface area contributed by atoms with E-state index >= 15 is 0 Å². The molecule has 1 fully saturated rings. The highest BCUT2D eigenvalue weighted by molar-refractivity contribution is 5.99. The predicted molar refractivity (Wildman–Crippen MR) is 103 cm³/mol. The van der Waals surface area contributed by atoms with E-state index in [0.29, 0.717) is 23.6 Å². The van der Waals surface area contributed by atoms with Crippen LogP contribution in [0.5, 0.6) is 0 Å². The van der Waals surface area contributed by atoms with Crippen molar-refractivity contribution < 1.29 is 9.59 Å². The van der Waals surface area contributed by atoms with Crippen molar-refractivity contribution in [3.8, 4) is 0 Å². The Morgan fingerprint density at radius 1 is 1.12 bits per heavy atom. The van der Waals surface area contributed by atoms with E-state index in [1.165, 1.54) is 12.0 Å². The van der Waals surface area contributed by atoms with Gasteiger partial charge in [0.2, 0.25) is 0 Å². The number of hydrogen-bond donors (Lipinski definition) is 1. The van der Waals surface area contributed by atoms with Crippen molar-refractivity contribution in [1.29, 1.82) is 0 Å². The Bertz CT molecular complexity index is 800. The van der Waals surface area contributed by atoms with Gasteiger partial charge in [-0.25, -0.2) is 0 Å². The van der Waals surface area contributed by atoms with E-state index in [1.807, 2.05) is 30.0 Å². The van der Waals surface area contributed by atoms with Crippen LogP contribution < -0.4 is 5.32 Å². The zero-order valence-corrected chi connectivity index (χ0v) is 15.5. The summed E-state index contributed by atoms with van der Waals surface area (Å²) in [6, 6.07) is 15.1. The fourth-order valence-corrected chi connectivity index (χ4v) is 3.46. The van der Waals surface area contributed by atoms with Crippen LogP contribution in [0.2, 0.25) is 0 Å². The van der Waals surface area contributed by atoms with Crippen molar-refractivity contribution in [2.45, 2.75) is 33.2 Å². The van der Waals surface area contributed by atoms with Gasteiger partial charge in [-0.05, 0) is 49.4 Å². The third-order valence-corrected chi connectivity index (χ3v) is 4.85. The SMILES string of the molecule is Cc1cccc(CNC(=O)c2cccc(C(=O)N3CCCC(C)C3)c2)c1. The number of carbonyl (C=O) groups excluding carboxylic acids is 2. The minimum absolute atomic E-state index is 0.0184. The molecule has 0 aliphatic carbocycles. The number of carbonyl (C=O) groups is 2. The van der Waals surface area contributed by atoms with Gasteiger partial charge in [0.25, 0.3) is 11.8 Å². The van der Waals surface area contributed by atoms with E-state index in [-0.39, 0.29) is 11.8 Å². The molecule has 1 N–H and O–H groups in total. The van der Waals surface area contributed by atoms with Gasteiger partial charge >= 0.3 is 0 Å². The van der Waals surface area contributed by atoms with E-state index in [1.54, 1.807) is 24.3 Å². The quantitative estimate of drug-likeness (QED) is 0.912. The minimum Gasteiger partial charge on any atom is -0.348 e. The van der Waals surface area contributed by atoms with Crippen molar-refractivity contribution in [3.63, 3.8) is 0 Å². The first kappa shape index (κ1) is 18.2. The number of nitrogens with one attached hydrogen (secondary N) is 1. The maximum Gasteiger partial charge on any atom is 0.253 e. The molecule has 3 rings (SSSR count). The molecule has 1 heterocycles. The summed E-state index contributed by atoms with van der Waals surface area (Å²) in [5.41, 5.74) is 3.34. The molecular formula is C22H26N2O2. The second-order valence-corrected chi connectivity index (χ2v) is 7.25. The number of likely N-dealkylation sites (tertiary alicyclic amines) is 1. The molecule has 4 heteroatoms. The molecule has 136 valence electrons. The second-order valence-electron chi connectivity index (χ2n) is 7.25. The van der Waals surface area contributed by atoms with Gasteiger partial charge in [0.1, 0.15) is 0 Å². The van der Waals surface area contributed by atoms with E-state index in [4.69, 9.17) is 0 Å². The highest BCUT2D eigenvalue weighted by atomic mass is 16.2. The molecule has 1 aliphatic heterocycles. The van der Waals surface area contributed by atoms with Gasteiger partial charge in [0, 0.05) is 30.8 Å². The molecule has 1 aliphatic rings. The lowest BCUT2D eigenvalue weighted by Crippen LogP contribution is -2.39. The van der Waals surface area contributed by atoms with Crippen LogP contribution in [0.3, 0.4) is 0 Å². The van der Waals surface area contributed by atoms with Gasteiger partial charge in [0.15, 0.2) is 0 Å². The fourth-order valence-electron chi connectivity index (χ4n) is 3.46. The van der Waals surface area contributed by atoms with Crippen LogP contribution in [-0.2, 0) is 6.54 Å². The standard InChI is InChI=1S/C22H26N2O2/c1-16-6-3-8-18(12-16)14-23-21(25)19-9-4-10-20(13-19)22(26)24-11-5-7-17(2)15-24/h3-4,6,8-10,12-13,17H,5,7,11,14-15H2,1-2H3,(H,23,25). The molecule has 1 saturated heterocycles. The molecule has 2 aromatic carbocycles. The topological polar surface area (TPSA) is 49.4 Å². The van der Waals surface area contributed by atoms with Gasteiger partial charge < -0.3 is 10.2 Å². The summed E-state index contributed by atoms with van der Waals surface area (Å²) in [7, 11) is 0. The molecule has 0 spiro atoms. The number of nitrogens with zero attached hydrogens (tertiary/aromatic N) is 1. The molecule has 0 saturated carbocycles. The summed E-state index contributed by atoms with van der Waals surface area (Å²) in [6.07, 6.45) is 2.22. The molecular weight excluding hydrogens is 324 g/mol. The zero-order valence-electron chi connectivity index (χ0n) is 15.5. The molecule has 0 aromatic heterocycles. The predicted octanol–water partition coefficient (Wildman–Crippen LogP) is 3.80. The zero-order chi connectivity index (χ0) is 18.5. The van der Waals surface area contributed by atoms with E-state index in [2.05, 4.69) is 18.3 Å². The van der Waals surface area contributed by atoms with Crippen LogP contribution in [0.25, 0.3) is 0 Å². The van der Waals surface area contributed by atoms with Crippen LogP contribution in [0.4, 0.5) is 0 Å². The lowest BCUT2D eigenvalue weighted by atomic mass is 9.99. The Hall–Kier alpha value is -2.62. The monoisotopic (exact) mass is 350 g/mol. The van der Waals surface area contributed by atoms with Crippen molar-refractivity contribution in [2.24, 2.45) is 5.92 Å². The third-order valence-electron chi connectivity index (χ3n) is 4.85. The maximum absolute atomic E-state index is 12.7. The van der Waals surface area contributed by atoms with E-state index < -0.39 is 0 Å². The third kappa shape index (κ3) is 4.51. The Morgan fingerprint density at radius 3 is 2.65 bits per heavy atom. The first-order valence-electron chi connectivity index (χ1n) is 9.26. The van der Waals surface area contributed by atoms with Crippen molar-refractivity contribution in [1.82, 2.24) is 10.2 Å². The average Bonchev–Trinajstić information content (AvgIpc) is 2.65. The maximum atomic E-state index is 12.7. The van der Waals surface area contributed by atoms with Crippen molar-refractivity contribution in [2.75, 3.05) is 13.1 Å². The number of amides is 2. The van der Waals surface area contributed by atoms with Crippen LogP contribution in [0.1, 0.15) is 51.6 Å². The second kappa shape index (κ2) is 8.17. The van der Waals surface area contributed by atoms with Gasteiger partial charge in [-0.2, -0.15) is 0 Å². The van der Waals surface area contributed by atoms with Crippen molar-refractivity contribution >= 4 is 11.8 Å². The molecule has 2 aromatic rings. The normalized spacial score (nSPS) is 17.0. The summed E-state index contributed by atoms with van der Waals surface area (Å²) in [6.45, 7) is 6.27. The van der Waals surface area contributed by atoms with Gasteiger partial charge in [-0.3, -0.25) is 9.59 Å². The lowest BCUT2D eigenvalue weighted by molar-refractivity contribution is 0.0683. The Balaban J connectivity index is 1.66. The van der Waals surface area contributed by atoms with Gasteiger partial charge in [-0.15, -0.1) is 0 Å². The largest absolute Gasteiger partial charge is 0.348 e. The van der Waals surface area contributed by atoms with E-state index in [0.717, 1.165) is 25.1 Å². The molecule has 1 unspecified atom stereocenters. The number of rotatable bonds is 4. The fraction of sp³-hybridized carbons (Fsp3) is 0.364. The highest BCUT2D eigenvalue weighted by Crippen LogP contribution is 2.18. The molecule has 0 bridgehead atoms. The smallest absolute Gasteiger partial charge is 0.253 e. The average molecular weight is 350 g/mol. The first-order valence-corrected chi connectivity index (χ1v) is 9.26. The van der Waals surface area contributed by atoms with Crippen LogP contribution >= 0.6 is 0 Å². The summed E-state index contributed by atoms with van der Waals surface area (Å²) in [4.78, 5) is 27.1. The summed E-state index contributed by atoms with van der Waals surface area (Å²) < 4.78 is 0. The summed E-state index contributed by atoms with van der Waals surface area (Å²) in [5.74, 6) is 0.395. The molecule has 26 heavy (non-hydrogen) atoms. The lowest BCUT2D eigenvalue weighted by Gasteiger charge is -2.31. The Morgan fingerprint density at radius 2 is 1.88 bits per heavy atom. The number of hydrogen-bond acceptors (Lipinski definition) is 2. The Kier molecular flexibility index (Phi) is 5.71. The Labute approximate surface area is 155 Å². The number of aryl methyl sites for hydroxylation is 1. The molecule has 0 radical (unpaired) electrons. The van der Waals surface area contributed by atoms with Gasteiger partial charge in [-0.1, -0.05) is 42.8 Å². The van der Waals surface area contributed by atoms with Crippen LogP contribution in [0, 0.1) is 12.8 Å². The van der Waals surface area contributed by atoms with E-state index in [9.17, 15) is 9.59 Å². The van der Waals surface area contributed by atoms with Gasteiger partial charge in [0.05, 0.1) is 0 Å². The highest BCUT2D eigenvalue weighted by Gasteiger charge is 2.22. The summed E-state index contributed by atoms with van der Waals surface area (Å²) in [5, 5.41) is 2.93. The molecule has 2 amide bonds.